The molecule has 0 radical (unpaired) electrons. The van der Waals surface area contributed by atoms with Gasteiger partial charge in [0.1, 0.15) is 12.1 Å². The summed E-state index contributed by atoms with van der Waals surface area (Å²) >= 11 is 0. The molecule has 96 valence electrons. The van der Waals surface area contributed by atoms with Crippen LogP contribution >= 0.6 is 0 Å². The maximum atomic E-state index is 13.6. The first kappa shape index (κ1) is 14.6. The average Bonchev–Trinajstić information content (AvgIpc) is 2.50. The summed E-state index contributed by atoms with van der Waals surface area (Å²) in [6, 6.07) is 12.7. The van der Waals surface area contributed by atoms with Crippen LogP contribution in [0.5, 0.6) is 0 Å². The number of hydrogen-bond acceptors (Lipinski definition) is 3. The van der Waals surface area contributed by atoms with E-state index in [9.17, 15) is 9.18 Å². The molecule has 0 unspecified atom stereocenters. The molecule has 0 aliphatic carbocycles. The molecule has 2 aromatic carbocycles. The van der Waals surface area contributed by atoms with E-state index in [2.05, 4.69) is 5.73 Å². The van der Waals surface area contributed by atoms with Crippen molar-refractivity contribution in [3.05, 3.63) is 59.4 Å². The fraction of sp³-hybridized carbons (Fsp3) is 0.0667. The Morgan fingerprint density at radius 2 is 1.79 bits per heavy atom. The molecule has 2 aromatic rings. The smallest absolute Gasteiger partial charge is 0.150 e. The highest BCUT2D eigenvalue weighted by molar-refractivity contribution is 5.79. The summed E-state index contributed by atoms with van der Waals surface area (Å²) < 4.78 is 13.6. The Morgan fingerprint density at radius 1 is 1.16 bits per heavy atom. The average molecular weight is 256 g/mol. The first-order chi connectivity index (χ1) is 9.24. The SMILES string of the molecule is CN.N#Cc1ccc(-c2cc(C=O)ccc2F)cc1. The van der Waals surface area contributed by atoms with Crippen molar-refractivity contribution >= 4 is 6.29 Å². The van der Waals surface area contributed by atoms with Crippen molar-refractivity contribution in [2.45, 2.75) is 0 Å². The van der Waals surface area contributed by atoms with Crippen LogP contribution in [-0.4, -0.2) is 13.3 Å². The topological polar surface area (TPSA) is 66.9 Å². The van der Waals surface area contributed by atoms with Crippen molar-refractivity contribution in [3.8, 4) is 17.2 Å². The molecule has 0 heterocycles. The summed E-state index contributed by atoms with van der Waals surface area (Å²) in [5, 5.41) is 8.67. The minimum Gasteiger partial charge on any atom is -0.333 e. The van der Waals surface area contributed by atoms with Gasteiger partial charge < -0.3 is 5.73 Å². The zero-order valence-electron chi connectivity index (χ0n) is 10.4. The molecule has 0 atom stereocenters. The van der Waals surface area contributed by atoms with E-state index < -0.39 is 0 Å². The van der Waals surface area contributed by atoms with E-state index in [-0.39, 0.29) is 5.82 Å². The molecular weight excluding hydrogens is 243 g/mol. The summed E-state index contributed by atoms with van der Waals surface area (Å²) in [6.45, 7) is 0. The second-order valence-corrected chi connectivity index (χ2v) is 3.55. The van der Waals surface area contributed by atoms with Crippen molar-refractivity contribution in [1.29, 1.82) is 5.26 Å². The van der Waals surface area contributed by atoms with Gasteiger partial charge in [-0.2, -0.15) is 5.26 Å². The second-order valence-electron chi connectivity index (χ2n) is 3.55. The number of nitrogens with two attached hydrogens (primary N) is 1. The van der Waals surface area contributed by atoms with E-state index >= 15 is 0 Å². The molecule has 2 rings (SSSR count). The third-order valence-electron chi connectivity index (χ3n) is 2.45. The molecule has 0 bridgehead atoms. The summed E-state index contributed by atoms with van der Waals surface area (Å²) in [5.41, 5.74) is 6.44. The number of hydrogen-bond donors (Lipinski definition) is 1. The van der Waals surface area contributed by atoms with Crippen LogP contribution in [0.1, 0.15) is 15.9 Å². The highest BCUT2D eigenvalue weighted by Gasteiger charge is 2.06. The molecule has 2 N–H and O–H groups in total. The number of carbonyl (C=O) groups excluding carboxylic acids is 1. The van der Waals surface area contributed by atoms with Crippen LogP contribution in [0.4, 0.5) is 4.39 Å². The zero-order valence-corrected chi connectivity index (χ0v) is 10.4. The Labute approximate surface area is 111 Å². The van der Waals surface area contributed by atoms with E-state index in [0.717, 1.165) is 0 Å². The Kier molecular flexibility index (Phi) is 5.39. The summed E-state index contributed by atoms with van der Waals surface area (Å²) in [4.78, 5) is 10.6. The highest BCUT2D eigenvalue weighted by atomic mass is 19.1. The Balaban J connectivity index is 0.000000861. The fourth-order valence-corrected chi connectivity index (χ4v) is 1.56. The lowest BCUT2D eigenvalue weighted by Gasteiger charge is -2.04. The minimum atomic E-state index is -0.389. The predicted octanol–water partition coefficient (Wildman–Crippen LogP) is 2.75. The van der Waals surface area contributed by atoms with Gasteiger partial charge in [-0.05, 0) is 42.9 Å². The number of aldehydes is 1. The number of nitrogens with zero attached hydrogens (tertiary/aromatic N) is 1. The lowest BCUT2D eigenvalue weighted by atomic mass is 10.0. The molecule has 4 heteroatoms. The van der Waals surface area contributed by atoms with Gasteiger partial charge in [0.2, 0.25) is 0 Å². The van der Waals surface area contributed by atoms with Crippen LogP contribution < -0.4 is 5.73 Å². The Hall–Kier alpha value is -2.51. The molecule has 0 spiro atoms. The number of rotatable bonds is 2. The molecule has 0 amide bonds. The largest absolute Gasteiger partial charge is 0.333 e. The molecular formula is C15H13FN2O. The van der Waals surface area contributed by atoms with Crippen molar-refractivity contribution < 1.29 is 9.18 Å². The van der Waals surface area contributed by atoms with Crippen LogP contribution in [0.15, 0.2) is 42.5 Å². The molecule has 0 aliphatic heterocycles. The third-order valence-corrected chi connectivity index (χ3v) is 2.45. The van der Waals surface area contributed by atoms with Crippen LogP contribution in [0.25, 0.3) is 11.1 Å². The van der Waals surface area contributed by atoms with Gasteiger partial charge in [-0.15, -0.1) is 0 Å². The van der Waals surface area contributed by atoms with Gasteiger partial charge in [-0.3, -0.25) is 4.79 Å². The minimum absolute atomic E-state index is 0.360. The summed E-state index contributed by atoms with van der Waals surface area (Å²) in [7, 11) is 1.50. The van der Waals surface area contributed by atoms with Gasteiger partial charge in [0.15, 0.2) is 0 Å². The molecule has 0 saturated carbocycles. The maximum Gasteiger partial charge on any atom is 0.150 e. The molecule has 0 fully saturated rings. The van der Waals surface area contributed by atoms with Crippen LogP contribution in [-0.2, 0) is 0 Å². The summed E-state index contributed by atoms with van der Waals surface area (Å²) in [5.74, 6) is -0.389. The van der Waals surface area contributed by atoms with Gasteiger partial charge in [0.25, 0.3) is 0 Å². The Morgan fingerprint density at radius 3 is 2.32 bits per heavy atom. The third kappa shape index (κ3) is 3.47. The number of nitriles is 1. The van der Waals surface area contributed by atoms with Crippen molar-refractivity contribution in [3.63, 3.8) is 0 Å². The van der Waals surface area contributed by atoms with Gasteiger partial charge in [0, 0.05) is 11.1 Å². The lowest BCUT2D eigenvalue weighted by molar-refractivity contribution is 0.112. The van der Waals surface area contributed by atoms with Crippen LogP contribution in [0.2, 0.25) is 0 Å². The van der Waals surface area contributed by atoms with E-state index in [1.54, 1.807) is 24.3 Å². The first-order valence-corrected chi connectivity index (χ1v) is 5.57. The molecule has 0 saturated heterocycles. The van der Waals surface area contributed by atoms with E-state index in [0.29, 0.717) is 28.5 Å². The second kappa shape index (κ2) is 7.04. The maximum absolute atomic E-state index is 13.6. The fourth-order valence-electron chi connectivity index (χ4n) is 1.56. The molecule has 0 aliphatic rings. The van der Waals surface area contributed by atoms with Crippen LogP contribution in [0, 0.1) is 17.1 Å². The molecule has 19 heavy (non-hydrogen) atoms. The zero-order chi connectivity index (χ0) is 14.3. The number of benzene rings is 2. The number of halogens is 1. The van der Waals surface area contributed by atoms with Gasteiger partial charge in [-0.25, -0.2) is 4.39 Å². The first-order valence-electron chi connectivity index (χ1n) is 5.57. The standard InChI is InChI=1S/C14H8FNO.CH5N/c15-14-6-3-11(9-17)7-13(14)12-4-1-10(8-16)2-5-12;1-2/h1-7,9H;2H2,1H3. The molecule has 3 nitrogen and oxygen atoms in total. The van der Waals surface area contributed by atoms with E-state index in [1.807, 2.05) is 6.07 Å². The van der Waals surface area contributed by atoms with Crippen LogP contribution in [0.3, 0.4) is 0 Å². The quantitative estimate of drug-likeness (QED) is 0.840. The van der Waals surface area contributed by atoms with Gasteiger partial charge >= 0.3 is 0 Å². The highest BCUT2D eigenvalue weighted by Crippen LogP contribution is 2.23. The van der Waals surface area contributed by atoms with Gasteiger partial charge in [-0.1, -0.05) is 12.1 Å². The predicted molar refractivity (Wildman–Crippen MR) is 72.0 cm³/mol. The monoisotopic (exact) mass is 256 g/mol. The summed E-state index contributed by atoms with van der Waals surface area (Å²) in [6.07, 6.45) is 0.673. The van der Waals surface area contributed by atoms with Crippen molar-refractivity contribution in [2.75, 3.05) is 7.05 Å². The number of carbonyl (C=O) groups is 1. The Bertz CT molecular complexity index is 601. The van der Waals surface area contributed by atoms with E-state index in [4.69, 9.17) is 5.26 Å². The molecule has 0 aromatic heterocycles. The van der Waals surface area contributed by atoms with E-state index in [1.165, 1.54) is 25.2 Å². The lowest BCUT2D eigenvalue weighted by Crippen LogP contribution is -1.88. The van der Waals surface area contributed by atoms with Crippen molar-refractivity contribution in [1.82, 2.24) is 0 Å². The van der Waals surface area contributed by atoms with Gasteiger partial charge in [0.05, 0.1) is 11.6 Å². The normalized spacial score (nSPS) is 8.95. The van der Waals surface area contributed by atoms with Crippen molar-refractivity contribution in [2.24, 2.45) is 5.73 Å².